The van der Waals surface area contributed by atoms with Crippen LogP contribution in [0.3, 0.4) is 0 Å². The van der Waals surface area contributed by atoms with E-state index in [0.717, 1.165) is 10.0 Å². The summed E-state index contributed by atoms with van der Waals surface area (Å²) in [7, 11) is 0. The molecule has 2 aromatic rings. The molecule has 3 rings (SSSR count). The van der Waals surface area contributed by atoms with Gasteiger partial charge in [-0.1, -0.05) is 15.9 Å². The zero-order chi connectivity index (χ0) is 14.3. The molecule has 2 heterocycles. The highest BCUT2D eigenvalue weighted by molar-refractivity contribution is 9.10. The number of aromatic amines is 1. The monoisotopic (exact) mass is 332 g/mol. The van der Waals surface area contributed by atoms with Crippen LogP contribution in [0.5, 0.6) is 11.5 Å². The smallest absolute Gasteiger partial charge is 0.266 e. The van der Waals surface area contributed by atoms with E-state index in [4.69, 9.17) is 9.47 Å². The molecule has 20 heavy (non-hydrogen) atoms. The third-order valence-corrected chi connectivity index (χ3v) is 3.69. The molecule has 0 atom stereocenters. The Bertz CT molecular complexity index is 805. The number of nitrogens with zero attached hydrogens (tertiary/aromatic N) is 1. The van der Waals surface area contributed by atoms with Crippen molar-refractivity contribution in [2.75, 3.05) is 6.79 Å². The number of benzene rings is 1. The lowest BCUT2D eigenvalue weighted by Gasteiger charge is -2.09. The summed E-state index contributed by atoms with van der Waals surface area (Å²) >= 11 is 3.44. The first kappa shape index (κ1) is 12.8. The minimum Gasteiger partial charge on any atom is -0.454 e. The Hall–Kier alpha value is -2.26. The predicted octanol–water partition coefficient (Wildman–Crippen LogP) is 2.71. The van der Waals surface area contributed by atoms with Gasteiger partial charge in [0.15, 0.2) is 11.5 Å². The first-order valence-electron chi connectivity index (χ1n) is 5.83. The third kappa shape index (κ3) is 1.96. The highest BCUT2D eigenvalue weighted by Gasteiger charge is 2.19. The van der Waals surface area contributed by atoms with Gasteiger partial charge in [-0.05, 0) is 25.1 Å². The van der Waals surface area contributed by atoms with E-state index >= 15 is 0 Å². The summed E-state index contributed by atoms with van der Waals surface area (Å²) < 4.78 is 11.4. The molecule has 5 nitrogen and oxygen atoms in total. The molecule has 0 unspecified atom stereocenters. The lowest BCUT2D eigenvalue weighted by atomic mass is 10.0. The van der Waals surface area contributed by atoms with Gasteiger partial charge in [-0.25, -0.2) is 0 Å². The van der Waals surface area contributed by atoms with Crippen molar-refractivity contribution in [3.8, 4) is 28.7 Å². The summed E-state index contributed by atoms with van der Waals surface area (Å²) in [5, 5.41) is 9.19. The van der Waals surface area contributed by atoms with E-state index in [1.54, 1.807) is 25.1 Å². The van der Waals surface area contributed by atoms with Crippen molar-refractivity contribution in [1.82, 2.24) is 4.98 Å². The molecule has 0 saturated heterocycles. The Morgan fingerprint density at radius 2 is 1.95 bits per heavy atom. The quantitative estimate of drug-likeness (QED) is 0.871. The van der Waals surface area contributed by atoms with Gasteiger partial charge in [0, 0.05) is 21.3 Å². The van der Waals surface area contributed by atoms with Crippen molar-refractivity contribution < 1.29 is 9.47 Å². The highest BCUT2D eigenvalue weighted by atomic mass is 79.9. The van der Waals surface area contributed by atoms with Crippen LogP contribution in [0.1, 0.15) is 11.3 Å². The molecule has 1 aromatic carbocycles. The van der Waals surface area contributed by atoms with Crippen LogP contribution >= 0.6 is 15.9 Å². The second kappa shape index (κ2) is 4.69. The third-order valence-electron chi connectivity index (χ3n) is 3.03. The van der Waals surface area contributed by atoms with Crippen molar-refractivity contribution in [2.24, 2.45) is 0 Å². The molecule has 1 N–H and O–H groups in total. The second-order valence-electron chi connectivity index (χ2n) is 4.37. The van der Waals surface area contributed by atoms with Crippen LogP contribution in [0.15, 0.2) is 27.5 Å². The van der Waals surface area contributed by atoms with Crippen LogP contribution in [-0.4, -0.2) is 11.8 Å². The molecular formula is C14H9BrN2O3. The molecule has 0 bridgehead atoms. The van der Waals surface area contributed by atoms with Gasteiger partial charge in [0.25, 0.3) is 5.56 Å². The normalized spacial score (nSPS) is 12.2. The van der Waals surface area contributed by atoms with Gasteiger partial charge >= 0.3 is 0 Å². The number of hydrogen-bond donors (Lipinski definition) is 1. The molecule has 0 radical (unpaired) electrons. The number of aryl methyl sites for hydroxylation is 1. The Labute approximate surface area is 122 Å². The Kier molecular flexibility index (Phi) is 2.99. The fourth-order valence-electron chi connectivity index (χ4n) is 2.14. The van der Waals surface area contributed by atoms with Crippen molar-refractivity contribution in [2.45, 2.75) is 6.92 Å². The van der Waals surface area contributed by atoms with Gasteiger partial charge in [0.2, 0.25) is 6.79 Å². The Morgan fingerprint density at radius 3 is 2.65 bits per heavy atom. The summed E-state index contributed by atoms with van der Waals surface area (Å²) in [6, 6.07) is 7.25. The molecule has 100 valence electrons. The fourth-order valence-corrected chi connectivity index (χ4v) is 2.67. The number of nitrogens with one attached hydrogen (secondary N) is 1. The summed E-state index contributed by atoms with van der Waals surface area (Å²) in [4.78, 5) is 14.5. The first-order chi connectivity index (χ1) is 9.60. The standard InChI is InChI=1S/C14H9BrN2O3/c1-7-2-8(10(5-16)14(18)17-7)9-3-12-13(4-11(9)15)20-6-19-12/h2-4H,6H2,1H3,(H,17,18). The van der Waals surface area contributed by atoms with Crippen molar-refractivity contribution in [1.29, 1.82) is 5.26 Å². The Balaban J connectivity index is 2.30. The van der Waals surface area contributed by atoms with E-state index in [9.17, 15) is 10.1 Å². The van der Waals surface area contributed by atoms with Crippen LogP contribution in [0.2, 0.25) is 0 Å². The van der Waals surface area contributed by atoms with Crippen molar-refractivity contribution in [3.63, 3.8) is 0 Å². The van der Waals surface area contributed by atoms with Crippen LogP contribution in [0, 0.1) is 18.3 Å². The number of ether oxygens (including phenoxy) is 2. The number of fused-ring (bicyclic) bond motifs is 1. The summed E-state index contributed by atoms with van der Waals surface area (Å²) in [6.07, 6.45) is 0. The molecule has 0 fully saturated rings. The van der Waals surface area contributed by atoms with E-state index in [1.807, 2.05) is 6.07 Å². The fraction of sp³-hybridized carbons (Fsp3) is 0.143. The summed E-state index contributed by atoms with van der Waals surface area (Å²) in [6.45, 7) is 1.94. The molecule has 0 amide bonds. The number of rotatable bonds is 1. The molecule has 6 heteroatoms. The average molecular weight is 333 g/mol. The lowest BCUT2D eigenvalue weighted by Crippen LogP contribution is -2.12. The van der Waals surface area contributed by atoms with E-state index in [2.05, 4.69) is 20.9 Å². The lowest BCUT2D eigenvalue weighted by molar-refractivity contribution is 0.174. The van der Waals surface area contributed by atoms with Crippen molar-refractivity contribution >= 4 is 15.9 Å². The van der Waals surface area contributed by atoms with Crippen LogP contribution in [-0.2, 0) is 0 Å². The molecule has 0 spiro atoms. The number of H-pyrrole nitrogens is 1. The number of nitriles is 1. The average Bonchev–Trinajstić information content (AvgIpc) is 2.84. The van der Waals surface area contributed by atoms with Gasteiger partial charge in [-0.2, -0.15) is 5.26 Å². The maximum atomic E-state index is 11.9. The zero-order valence-corrected chi connectivity index (χ0v) is 12.1. The molecule has 1 aromatic heterocycles. The summed E-state index contributed by atoms with van der Waals surface area (Å²) in [5.41, 5.74) is 1.66. The van der Waals surface area contributed by atoms with Gasteiger partial charge < -0.3 is 14.5 Å². The largest absolute Gasteiger partial charge is 0.454 e. The molecule has 1 aliphatic rings. The second-order valence-corrected chi connectivity index (χ2v) is 5.22. The SMILES string of the molecule is Cc1cc(-c2cc3c(cc2Br)OCO3)c(C#N)c(=O)[nH]1. The predicted molar refractivity (Wildman–Crippen MR) is 75.8 cm³/mol. The van der Waals surface area contributed by atoms with Gasteiger partial charge in [0.1, 0.15) is 11.6 Å². The number of aromatic nitrogens is 1. The molecular weight excluding hydrogens is 324 g/mol. The topological polar surface area (TPSA) is 75.1 Å². The molecule has 0 saturated carbocycles. The van der Waals surface area contributed by atoms with Crippen molar-refractivity contribution in [3.05, 3.63) is 44.3 Å². The first-order valence-corrected chi connectivity index (χ1v) is 6.63. The van der Waals surface area contributed by atoms with E-state index in [0.29, 0.717) is 22.8 Å². The minimum atomic E-state index is -0.396. The Morgan fingerprint density at radius 1 is 1.25 bits per heavy atom. The van der Waals surface area contributed by atoms with E-state index in [-0.39, 0.29) is 12.4 Å². The van der Waals surface area contributed by atoms with Gasteiger partial charge in [-0.15, -0.1) is 0 Å². The van der Waals surface area contributed by atoms with Crippen LogP contribution in [0.4, 0.5) is 0 Å². The zero-order valence-electron chi connectivity index (χ0n) is 10.5. The molecule has 1 aliphatic heterocycles. The van der Waals surface area contributed by atoms with Crippen LogP contribution in [0.25, 0.3) is 11.1 Å². The number of pyridine rings is 1. The number of hydrogen-bond acceptors (Lipinski definition) is 4. The highest BCUT2D eigenvalue weighted by Crippen LogP contribution is 2.41. The van der Waals surface area contributed by atoms with E-state index in [1.165, 1.54) is 0 Å². The van der Waals surface area contributed by atoms with Gasteiger partial charge in [0.05, 0.1) is 0 Å². The van der Waals surface area contributed by atoms with Crippen LogP contribution < -0.4 is 15.0 Å². The number of halogens is 1. The maximum absolute atomic E-state index is 11.9. The summed E-state index contributed by atoms with van der Waals surface area (Å²) in [5.74, 6) is 1.24. The minimum absolute atomic E-state index is 0.0789. The molecule has 0 aliphatic carbocycles. The maximum Gasteiger partial charge on any atom is 0.266 e. The van der Waals surface area contributed by atoms with E-state index < -0.39 is 5.56 Å². The van der Waals surface area contributed by atoms with Gasteiger partial charge in [-0.3, -0.25) is 4.79 Å².